The fraction of sp³-hybridized carbons (Fsp3) is 0.692. The first-order valence-electron chi connectivity index (χ1n) is 6.07. The number of hydrogen-bond donors (Lipinski definition) is 1. The van der Waals surface area contributed by atoms with Gasteiger partial charge in [-0.25, -0.2) is 9.97 Å². The van der Waals surface area contributed by atoms with Crippen LogP contribution in [-0.2, 0) is 17.9 Å². The van der Waals surface area contributed by atoms with Gasteiger partial charge in [0.25, 0.3) is 0 Å². The van der Waals surface area contributed by atoms with Gasteiger partial charge in [0.1, 0.15) is 6.61 Å². The van der Waals surface area contributed by atoms with Gasteiger partial charge in [-0.2, -0.15) is 0 Å². The summed E-state index contributed by atoms with van der Waals surface area (Å²) < 4.78 is 5.33. The van der Waals surface area contributed by atoms with Gasteiger partial charge in [-0.3, -0.25) is 0 Å². The maximum atomic E-state index is 5.33. The number of rotatable bonds is 5. The Bertz CT molecular complexity index is 358. The molecule has 0 unspecified atom stereocenters. The summed E-state index contributed by atoms with van der Waals surface area (Å²) in [6, 6.07) is 2.01. The molecule has 0 aliphatic heterocycles. The Morgan fingerprint density at radius 3 is 2.59 bits per heavy atom. The molecule has 17 heavy (non-hydrogen) atoms. The van der Waals surface area contributed by atoms with E-state index in [4.69, 9.17) is 4.74 Å². The number of nitrogens with zero attached hydrogens (tertiary/aromatic N) is 2. The minimum Gasteiger partial charge on any atom is -0.374 e. The SMILES string of the molecule is CCOCc1nc(C)cc(CNC(C)(C)C)n1. The van der Waals surface area contributed by atoms with Crippen LogP contribution in [0.2, 0.25) is 0 Å². The summed E-state index contributed by atoms with van der Waals surface area (Å²) in [6.07, 6.45) is 0. The molecular weight excluding hydrogens is 214 g/mol. The molecule has 0 aromatic carbocycles. The van der Waals surface area contributed by atoms with E-state index in [-0.39, 0.29) is 5.54 Å². The van der Waals surface area contributed by atoms with Crippen LogP contribution >= 0.6 is 0 Å². The maximum absolute atomic E-state index is 5.33. The molecule has 0 saturated heterocycles. The number of aryl methyl sites for hydroxylation is 1. The highest BCUT2D eigenvalue weighted by Gasteiger charge is 2.10. The topological polar surface area (TPSA) is 47.0 Å². The lowest BCUT2D eigenvalue weighted by Crippen LogP contribution is -2.35. The third kappa shape index (κ3) is 5.75. The van der Waals surface area contributed by atoms with Crippen molar-refractivity contribution in [3.8, 4) is 0 Å². The molecule has 0 amide bonds. The first kappa shape index (κ1) is 14.1. The Labute approximate surface area is 104 Å². The minimum atomic E-state index is 0.0962. The maximum Gasteiger partial charge on any atom is 0.154 e. The molecule has 0 aliphatic carbocycles. The van der Waals surface area contributed by atoms with Gasteiger partial charge in [-0.1, -0.05) is 0 Å². The van der Waals surface area contributed by atoms with Crippen molar-refractivity contribution in [1.29, 1.82) is 0 Å². The summed E-state index contributed by atoms with van der Waals surface area (Å²) in [7, 11) is 0. The van der Waals surface area contributed by atoms with Crippen molar-refractivity contribution in [3.05, 3.63) is 23.3 Å². The molecule has 1 aromatic heterocycles. The lowest BCUT2D eigenvalue weighted by molar-refractivity contribution is 0.128. The predicted molar refractivity (Wildman–Crippen MR) is 68.7 cm³/mol. The second-order valence-electron chi connectivity index (χ2n) is 5.16. The number of aromatic nitrogens is 2. The van der Waals surface area contributed by atoms with Gasteiger partial charge in [0.05, 0.1) is 5.69 Å². The zero-order chi connectivity index (χ0) is 12.9. The Balaban J connectivity index is 2.68. The van der Waals surface area contributed by atoms with Crippen molar-refractivity contribution >= 4 is 0 Å². The molecule has 1 rings (SSSR count). The standard InChI is InChI=1S/C13H23N3O/c1-6-17-9-12-15-10(2)7-11(16-12)8-14-13(3,4)5/h7,14H,6,8-9H2,1-5H3. The Morgan fingerprint density at radius 2 is 2.00 bits per heavy atom. The van der Waals surface area contributed by atoms with E-state index in [0.29, 0.717) is 13.2 Å². The average molecular weight is 237 g/mol. The molecule has 4 nitrogen and oxygen atoms in total. The van der Waals surface area contributed by atoms with Crippen LogP contribution in [0.15, 0.2) is 6.07 Å². The lowest BCUT2D eigenvalue weighted by Gasteiger charge is -2.20. The molecule has 1 N–H and O–H groups in total. The third-order valence-electron chi connectivity index (χ3n) is 2.19. The van der Waals surface area contributed by atoms with E-state index >= 15 is 0 Å². The van der Waals surface area contributed by atoms with Crippen LogP contribution < -0.4 is 5.32 Å². The molecule has 0 aliphatic rings. The van der Waals surface area contributed by atoms with Crippen molar-refractivity contribution in [3.63, 3.8) is 0 Å². The second kappa shape index (κ2) is 6.07. The van der Waals surface area contributed by atoms with Crippen LogP contribution in [0.5, 0.6) is 0 Å². The van der Waals surface area contributed by atoms with Crippen LogP contribution in [0.1, 0.15) is 44.9 Å². The molecular formula is C13H23N3O. The van der Waals surface area contributed by atoms with Crippen molar-refractivity contribution in [2.45, 2.75) is 53.3 Å². The number of hydrogen-bond acceptors (Lipinski definition) is 4. The first-order valence-corrected chi connectivity index (χ1v) is 6.07. The van der Waals surface area contributed by atoms with Gasteiger partial charge >= 0.3 is 0 Å². The molecule has 96 valence electrons. The molecule has 1 heterocycles. The van der Waals surface area contributed by atoms with Crippen LogP contribution in [0.3, 0.4) is 0 Å². The predicted octanol–water partition coefficient (Wildman–Crippen LogP) is 2.21. The van der Waals surface area contributed by atoms with E-state index in [1.165, 1.54) is 0 Å². The molecule has 0 spiro atoms. The summed E-state index contributed by atoms with van der Waals surface area (Å²) in [4.78, 5) is 8.83. The van der Waals surface area contributed by atoms with Crippen molar-refractivity contribution < 1.29 is 4.74 Å². The lowest BCUT2D eigenvalue weighted by atomic mass is 10.1. The number of ether oxygens (including phenoxy) is 1. The minimum absolute atomic E-state index is 0.0962. The quantitative estimate of drug-likeness (QED) is 0.853. The largest absolute Gasteiger partial charge is 0.374 e. The van der Waals surface area contributed by atoms with Crippen molar-refractivity contribution in [1.82, 2.24) is 15.3 Å². The van der Waals surface area contributed by atoms with Crippen LogP contribution in [0.4, 0.5) is 0 Å². The molecule has 0 saturated carbocycles. The molecule has 1 aromatic rings. The van der Waals surface area contributed by atoms with Gasteiger partial charge in [-0.05, 0) is 40.7 Å². The summed E-state index contributed by atoms with van der Waals surface area (Å²) in [5.41, 5.74) is 2.10. The normalized spacial score (nSPS) is 11.8. The van der Waals surface area contributed by atoms with E-state index in [2.05, 4.69) is 36.1 Å². The Hall–Kier alpha value is -1.00. The summed E-state index contributed by atoms with van der Waals surface area (Å²) in [5.74, 6) is 0.762. The molecule has 4 heteroatoms. The van der Waals surface area contributed by atoms with Gasteiger partial charge in [0, 0.05) is 24.4 Å². The smallest absolute Gasteiger partial charge is 0.154 e. The van der Waals surface area contributed by atoms with Crippen LogP contribution in [-0.4, -0.2) is 22.1 Å². The van der Waals surface area contributed by atoms with Crippen molar-refractivity contribution in [2.24, 2.45) is 0 Å². The first-order chi connectivity index (χ1) is 7.90. The molecule has 0 atom stereocenters. The zero-order valence-corrected chi connectivity index (χ0v) is 11.5. The van der Waals surface area contributed by atoms with Crippen LogP contribution in [0.25, 0.3) is 0 Å². The number of nitrogens with one attached hydrogen (secondary N) is 1. The summed E-state index contributed by atoms with van der Waals surface area (Å²) in [6.45, 7) is 12.3. The highest BCUT2D eigenvalue weighted by Crippen LogP contribution is 2.05. The second-order valence-corrected chi connectivity index (χ2v) is 5.16. The van der Waals surface area contributed by atoms with Gasteiger partial charge in [0.2, 0.25) is 0 Å². The molecule has 0 radical (unpaired) electrons. The average Bonchev–Trinajstić information content (AvgIpc) is 2.22. The molecule has 0 bridgehead atoms. The monoisotopic (exact) mass is 237 g/mol. The van der Waals surface area contributed by atoms with E-state index in [1.54, 1.807) is 0 Å². The van der Waals surface area contributed by atoms with E-state index in [1.807, 2.05) is 19.9 Å². The third-order valence-corrected chi connectivity index (χ3v) is 2.19. The van der Waals surface area contributed by atoms with Crippen molar-refractivity contribution in [2.75, 3.05) is 6.61 Å². The van der Waals surface area contributed by atoms with Crippen LogP contribution in [0, 0.1) is 6.92 Å². The fourth-order valence-electron chi connectivity index (χ4n) is 1.40. The molecule has 0 fully saturated rings. The van der Waals surface area contributed by atoms with E-state index < -0.39 is 0 Å². The van der Waals surface area contributed by atoms with Gasteiger partial charge in [0.15, 0.2) is 5.82 Å². The van der Waals surface area contributed by atoms with E-state index in [9.17, 15) is 0 Å². The summed E-state index contributed by atoms with van der Waals surface area (Å²) >= 11 is 0. The Morgan fingerprint density at radius 1 is 1.29 bits per heavy atom. The Kier molecular flexibility index (Phi) is 5.02. The van der Waals surface area contributed by atoms with Gasteiger partial charge in [-0.15, -0.1) is 0 Å². The highest BCUT2D eigenvalue weighted by atomic mass is 16.5. The zero-order valence-electron chi connectivity index (χ0n) is 11.5. The van der Waals surface area contributed by atoms with Gasteiger partial charge < -0.3 is 10.1 Å². The van der Waals surface area contributed by atoms with E-state index in [0.717, 1.165) is 23.8 Å². The summed E-state index contributed by atoms with van der Waals surface area (Å²) in [5, 5.41) is 3.42. The highest BCUT2D eigenvalue weighted by molar-refractivity contribution is 5.10. The fourth-order valence-corrected chi connectivity index (χ4v) is 1.40.